The molecule has 0 saturated heterocycles. The summed E-state index contributed by atoms with van der Waals surface area (Å²) in [6.07, 6.45) is 5.33. The molecule has 0 fully saturated rings. The Morgan fingerprint density at radius 3 is 2.86 bits per heavy atom. The number of nitrogens with zero attached hydrogens (tertiary/aromatic N) is 2. The lowest BCUT2D eigenvalue weighted by atomic mass is 10.3. The Morgan fingerprint density at radius 2 is 2.21 bits per heavy atom. The molecule has 0 N–H and O–H groups in total. The van der Waals surface area contributed by atoms with Crippen LogP contribution < -0.4 is 4.57 Å². The fraction of sp³-hybridized carbons (Fsp3) is 0.700. The summed E-state index contributed by atoms with van der Waals surface area (Å²) in [4.78, 5) is 0. The molecule has 0 aliphatic carbocycles. The van der Waals surface area contributed by atoms with Crippen LogP contribution in [0.2, 0.25) is 0 Å². The molecule has 0 amide bonds. The first-order valence-electron chi connectivity index (χ1n) is 5.05. The quantitative estimate of drug-likeness (QED) is 0.627. The maximum atomic E-state index is 11.8. The molecule has 80 valence electrons. The summed E-state index contributed by atoms with van der Waals surface area (Å²) in [6, 6.07) is 0. The number of imidazole rings is 1. The van der Waals surface area contributed by atoms with Crippen LogP contribution in [0.15, 0.2) is 18.7 Å². The number of alkyl halides is 2. The Labute approximate surface area is 83.2 Å². The third kappa shape index (κ3) is 3.85. The fourth-order valence-electron chi connectivity index (χ4n) is 1.39. The third-order valence-corrected chi connectivity index (χ3v) is 2.07. The Bertz CT molecular complexity index is 258. The predicted octanol–water partition coefficient (Wildman–Crippen LogP) is 2.23. The Balaban J connectivity index is 2.28. The van der Waals surface area contributed by atoms with Crippen LogP contribution in [0.4, 0.5) is 8.78 Å². The highest BCUT2D eigenvalue weighted by Gasteiger charge is 2.05. The van der Waals surface area contributed by atoms with Gasteiger partial charge in [0.2, 0.25) is 12.8 Å². The van der Waals surface area contributed by atoms with Gasteiger partial charge in [0, 0.05) is 6.42 Å². The van der Waals surface area contributed by atoms with Crippen LogP contribution >= 0.6 is 0 Å². The van der Waals surface area contributed by atoms with E-state index in [2.05, 4.69) is 11.5 Å². The topological polar surface area (TPSA) is 8.81 Å². The van der Waals surface area contributed by atoms with E-state index in [1.807, 2.05) is 23.3 Å². The minimum absolute atomic E-state index is 0.00798. The molecule has 14 heavy (non-hydrogen) atoms. The second-order valence-corrected chi connectivity index (χ2v) is 3.42. The zero-order valence-electron chi connectivity index (χ0n) is 8.50. The van der Waals surface area contributed by atoms with Crippen molar-refractivity contribution in [3.63, 3.8) is 0 Å². The summed E-state index contributed by atoms with van der Waals surface area (Å²) < 4.78 is 27.7. The van der Waals surface area contributed by atoms with Crippen LogP contribution in [0, 0.1) is 0 Å². The molecule has 0 aromatic carbocycles. The van der Waals surface area contributed by atoms with E-state index >= 15 is 0 Å². The molecule has 0 unspecified atom stereocenters. The van der Waals surface area contributed by atoms with E-state index in [1.54, 1.807) is 0 Å². The van der Waals surface area contributed by atoms with E-state index in [-0.39, 0.29) is 6.42 Å². The number of hydrogen-bond donors (Lipinski definition) is 0. The van der Waals surface area contributed by atoms with Crippen LogP contribution in [0.25, 0.3) is 0 Å². The van der Waals surface area contributed by atoms with E-state index in [0.717, 1.165) is 13.0 Å². The third-order valence-electron chi connectivity index (χ3n) is 2.07. The number of aryl methyl sites for hydroxylation is 2. The van der Waals surface area contributed by atoms with E-state index in [1.165, 1.54) is 0 Å². The van der Waals surface area contributed by atoms with Gasteiger partial charge in [0.05, 0.1) is 13.1 Å². The summed E-state index contributed by atoms with van der Waals surface area (Å²) in [5.74, 6) is 0. The highest BCUT2D eigenvalue weighted by atomic mass is 19.3. The minimum atomic E-state index is -2.17. The monoisotopic (exact) mass is 203 g/mol. The molecule has 0 aliphatic heterocycles. The summed E-state index contributed by atoms with van der Waals surface area (Å²) >= 11 is 0. The molecule has 1 aromatic rings. The van der Waals surface area contributed by atoms with Gasteiger partial charge in [-0.05, 0) is 12.8 Å². The van der Waals surface area contributed by atoms with Gasteiger partial charge in [0.25, 0.3) is 0 Å². The maximum absolute atomic E-state index is 11.8. The fourth-order valence-corrected chi connectivity index (χ4v) is 1.39. The summed E-state index contributed by atoms with van der Waals surface area (Å²) in [5.41, 5.74) is 0. The molecular formula is C10H17F2N2+. The molecule has 1 rings (SSSR count). The highest BCUT2D eigenvalue weighted by Crippen LogP contribution is 2.04. The van der Waals surface area contributed by atoms with Crippen molar-refractivity contribution >= 4 is 0 Å². The SMILES string of the molecule is CCC[n+]1ccn(CCCC(F)F)c1. The van der Waals surface area contributed by atoms with Gasteiger partial charge in [-0.15, -0.1) is 0 Å². The molecule has 0 radical (unpaired) electrons. The lowest BCUT2D eigenvalue weighted by molar-refractivity contribution is -0.696. The summed E-state index contributed by atoms with van der Waals surface area (Å²) in [5, 5.41) is 0. The molecule has 1 aromatic heterocycles. The lowest BCUT2D eigenvalue weighted by Crippen LogP contribution is -2.30. The molecular weight excluding hydrogens is 186 g/mol. The minimum Gasteiger partial charge on any atom is -0.237 e. The number of rotatable bonds is 6. The van der Waals surface area contributed by atoms with Crippen molar-refractivity contribution in [1.82, 2.24) is 4.57 Å². The van der Waals surface area contributed by atoms with Crippen LogP contribution in [-0.4, -0.2) is 11.0 Å². The number of halogens is 2. The Morgan fingerprint density at radius 1 is 1.43 bits per heavy atom. The lowest BCUT2D eigenvalue weighted by Gasteiger charge is -1.96. The van der Waals surface area contributed by atoms with Gasteiger partial charge >= 0.3 is 0 Å². The van der Waals surface area contributed by atoms with Gasteiger partial charge in [0.1, 0.15) is 12.4 Å². The average molecular weight is 203 g/mol. The van der Waals surface area contributed by atoms with Crippen LogP contribution in [0.1, 0.15) is 26.2 Å². The number of hydrogen-bond acceptors (Lipinski definition) is 0. The first-order valence-corrected chi connectivity index (χ1v) is 5.05. The Kier molecular flexibility index (Phi) is 4.56. The van der Waals surface area contributed by atoms with Crippen molar-refractivity contribution in [2.24, 2.45) is 0 Å². The smallest absolute Gasteiger partial charge is 0.237 e. The molecule has 0 spiro atoms. The van der Waals surface area contributed by atoms with Crippen LogP contribution in [-0.2, 0) is 13.1 Å². The van der Waals surface area contributed by atoms with Gasteiger partial charge in [-0.3, -0.25) is 0 Å². The first-order chi connectivity index (χ1) is 6.72. The molecule has 0 saturated carbocycles. The molecule has 0 atom stereocenters. The Hall–Kier alpha value is -0.930. The molecule has 4 heteroatoms. The van der Waals surface area contributed by atoms with Crippen LogP contribution in [0.3, 0.4) is 0 Å². The molecule has 2 nitrogen and oxygen atoms in total. The van der Waals surface area contributed by atoms with Crippen molar-refractivity contribution in [1.29, 1.82) is 0 Å². The van der Waals surface area contributed by atoms with Crippen molar-refractivity contribution in [2.45, 2.75) is 45.7 Å². The summed E-state index contributed by atoms with van der Waals surface area (Å²) in [6.45, 7) is 3.78. The second kappa shape index (κ2) is 5.73. The standard InChI is InChI=1S/C10H17F2N2/c1-2-5-13-7-8-14(9-13)6-3-4-10(11)12/h7-10H,2-6H2,1H3/q+1. The van der Waals surface area contributed by atoms with Gasteiger partial charge in [0.15, 0.2) is 0 Å². The largest absolute Gasteiger partial charge is 0.243 e. The van der Waals surface area contributed by atoms with Gasteiger partial charge in [-0.1, -0.05) is 6.92 Å². The molecule has 1 heterocycles. The molecule has 0 aliphatic rings. The van der Waals surface area contributed by atoms with E-state index in [0.29, 0.717) is 13.0 Å². The predicted molar refractivity (Wildman–Crippen MR) is 50.2 cm³/mol. The van der Waals surface area contributed by atoms with Crippen molar-refractivity contribution in [2.75, 3.05) is 0 Å². The number of aromatic nitrogens is 2. The van der Waals surface area contributed by atoms with Crippen molar-refractivity contribution < 1.29 is 13.3 Å². The highest BCUT2D eigenvalue weighted by molar-refractivity contribution is 4.66. The summed E-state index contributed by atoms with van der Waals surface area (Å²) in [7, 11) is 0. The van der Waals surface area contributed by atoms with E-state index in [9.17, 15) is 8.78 Å². The first kappa shape index (κ1) is 11.1. The van der Waals surface area contributed by atoms with Crippen LogP contribution in [0.5, 0.6) is 0 Å². The zero-order chi connectivity index (χ0) is 10.4. The zero-order valence-corrected chi connectivity index (χ0v) is 8.50. The van der Waals surface area contributed by atoms with Gasteiger partial charge in [-0.25, -0.2) is 17.9 Å². The second-order valence-electron chi connectivity index (χ2n) is 3.42. The maximum Gasteiger partial charge on any atom is 0.243 e. The van der Waals surface area contributed by atoms with Crippen molar-refractivity contribution in [3.8, 4) is 0 Å². The van der Waals surface area contributed by atoms with Gasteiger partial charge < -0.3 is 0 Å². The van der Waals surface area contributed by atoms with Crippen molar-refractivity contribution in [3.05, 3.63) is 18.7 Å². The van der Waals surface area contributed by atoms with Gasteiger partial charge in [-0.2, -0.15) is 0 Å². The van der Waals surface area contributed by atoms with E-state index in [4.69, 9.17) is 0 Å². The average Bonchev–Trinajstić information content (AvgIpc) is 2.53. The molecule has 0 bridgehead atoms. The van der Waals surface area contributed by atoms with E-state index < -0.39 is 6.43 Å². The normalized spacial score (nSPS) is 11.1.